The van der Waals surface area contributed by atoms with E-state index in [9.17, 15) is 0 Å². The van der Waals surface area contributed by atoms with Gasteiger partial charge in [-0.05, 0) is 38.5 Å². The highest BCUT2D eigenvalue weighted by Crippen LogP contribution is 2.28. The van der Waals surface area contributed by atoms with Crippen molar-refractivity contribution in [3.8, 4) is 0 Å². The van der Waals surface area contributed by atoms with Gasteiger partial charge in [0.05, 0.1) is 6.10 Å². The molecule has 2 rings (SSSR count). The molecular weight excluding hydrogens is 254 g/mol. The summed E-state index contributed by atoms with van der Waals surface area (Å²) in [6.07, 6.45) is 4.71. The van der Waals surface area contributed by atoms with Crippen LogP contribution in [0, 0.1) is 5.92 Å². The van der Waals surface area contributed by atoms with Gasteiger partial charge < -0.3 is 20.1 Å². The van der Waals surface area contributed by atoms with Gasteiger partial charge in [0.15, 0.2) is 5.96 Å². The average molecular weight is 283 g/mol. The standard InChI is InChI=1S/C15H29N3O2/c1-3-16-15(18-14-11-12(14)2)17-7-4-8-20-13-5-9-19-10-6-13/h12-14H,3-11H2,1-2H3,(H2,16,17,18). The summed E-state index contributed by atoms with van der Waals surface area (Å²) in [5.41, 5.74) is 0. The molecule has 2 N–H and O–H groups in total. The molecule has 116 valence electrons. The second-order valence-electron chi connectivity index (χ2n) is 5.76. The van der Waals surface area contributed by atoms with Crippen LogP contribution in [0.25, 0.3) is 0 Å². The molecule has 0 amide bonds. The molecule has 0 aromatic carbocycles. The van der Waals surface area contributed by atoms with Gasteiger partial charge in [0.2, 0.25) is 0 Å². The Morgan fingerprint density at radius 1 is 1.35 bits per heavy atom. The molecule has 1 saturated heterocycles. The Balaban J connectivity index is 1.57. The van der Waals surface area contributed by atoms with Crippen LogP contribution >= 0.6 is 0 Å². The van der Waals surface area contributed by atoms with Gasteiger partial charge in [-0.2, -0.15) is 0 Å². The van der Waals surface area contributed by atoms with E-state index in [-0.39, 0.29) is 0 Å². The molecule has 0 aromatic rings. The lowest BCUT2D eigenvalue weighted by Gasteiger charge is -2.22. The van der Waals surface area contributed by atoms with Gasteiger partial charge in [-0.15, -0.1) is 0 Å². The SMILES string of the molecule is CCNC(=NCCCOC1CCOCC1)NC1CC1C. The van der Waals surface area contributed by atoms with Crippen LogP contribution in [0.1, 0.15) is 39.5 Å². The Kier molecular flexibility index (Phi) is 6.60. The van der Waals surface area contributed by atoms with Crippen molar-refractivity contribution in [2.45, 2.75) is 51.7 Å². The van der Waals surface area contributed by atoms with E-state index in [0.29, 0.717) is 12.1 Å². The Labute approximate surface area is 122 Å². The van der Waals surface area contributed by atoms with E-state index in [4.69, 9.17) is 9.47 Å². The first-order chi connectivity index (χ1) is 9.79. The van der Waals surface area contributed by atoms with Gasteiger partial charge in [-0.25, -0.2) is 0 Å². The van der Waals surface area contributed by atoms with Crippen molar-refractivity contribution in [3.63, 3.8) is 0 Å². The molecule has 2 atom stereocenters. The fraction of sp³-hybridized carbons (Fsp3) is 0.933. The quantitative estimate of drug-likeness (QED) is 0.423. The van der Waals surface area contributed by atoms with E-state index >= 15 is 0 Å². The molecule has 2 fully saturated rings. The summed E-state index contributed by atoms with van der Waals surface area (Å²) in [7, 11) is 0. The maximum absolute atomic E-state index is 5.85. The van der Waals surface area contributed by atoms with Gasteiger partial charge >= 0.3 is 0 Å². The Morgan fingerprint density at radius 3 is 2.75 bits per heavy atom. The molecule has 1 heterocycles. The molecular formula is C15H29N3O2. The normalized spacial score (nSPS) is 27.4. The molecule has 1 aliphatic carbocycles. The summed E-state index contributed by atoms with van der Waals surface area (Å²) in [4.78, 5) is 4.60. The van der Waals surface area contributed by atoms with Crippen LogP contribution in [0.4, 0.5) is 0 Å². The van der Waals surface area contributed by atoms with Crippen LogP contribution in [-0.4, -0.2) is 51.0 Å². The van der Waals surface area contributed by atoms with Crippen LogP contribution < -0.4 is 10.6 Å². The van der Waals surface area contributed by atoms with E-state index in [1.165, 1.54) is 6.42 Å². The predicted molar refractivity (Wildman–Crippen MR) is 81.1 cm³/mol. The van der Waals surface area contributed by atoms with Crippen LogP contribution in [0.15, 0.2) is 4.99 Å². The van der Waals surface area contributed by atoms with Crippen LogP contribution in [0.5, 0.6) is 0 Å². The van der Waals surface area contributed by atoms with Gasteiger partial charge in [0.1, 0.15) is 0 Å². The first-order valence-electron chi connectivity index (χ1n) is 8.03. The average Bonchev–Trinajstić information content (AvgIpc) is 3.15. The number of nitrogens with zero attached hydrogens (tertiary/aromatic N) is 1. The number of rotatable bonds is 7. The minimum absolute atomic E-state index is 0.395. The summed E-state index contributed by atoms with van der Waals surface area (Å²) < 4.78 is 11.2. The molecule has 5 nitrogen and oxygen atoms in total. The zero-order valence-electron chi connectivity index (χ0n) is 12.9. The molecule has 0 aromatic heterocycles. The highest BCUT2D eigenvalue weighted by atomic mass is 16.5. The highest BCUT2D eigenvalue weighted by molar-refractivity contribution is 5.80. The van der Waals surface area contributed by atoms with E-state index < -0.39 is 0 Å². The Hall–Kier alpha value is -0.810. The molecule has 0 bridgehead atoms. The molecule has 5 heteroatoms. The minimum Gasteiger partial charge on any atom is -0.381 e. The van der Waals surface area contributed by atoms with Gasteiger partial charge in [0, 0.05) is 39.0 Å². The monoisotopic (exact) mass is 283 g/mol. The number of nitrogens with one attached hydrogen (secondary N) is 2. The predicted octanol–water partition coefficient (Wildman–Crippen LogP) is 1.54. The molecule has 0 radical (unpaired) electrons. The summed E-state index contributed by atoms with van der Waals surface area (Å²) in [5, 5.41) is 6.76. The lowest BCUT2D eigenvalue weighted by molar-refractivity contribution is -0.0318. The lowest BCUT2D eigenvalue weighted by Crippen LogP contribution is -2.39. The third-order valence-electron chi connectivity index (χ3n) is 3.87. The van der Waals surface area contributed by atoms with Crippen molar-refractivity contribution >= 4 is 5.96 Å². The zero-order valence-corrected chi connectivity index (χ0v) is 12.9. The molecule has 20 heavy (non-hydrogen) atoms. The number of hydrogen-bond acceptors (Lipinski definition) is 3. The summed E-state index contributed by atoms with van der Waals surface area (Å²) in [5.74, 6) is 1.74. The second kappa shape index (κ2) is 8.47. The summed E-state index contributed by atoms with van der Waals surface area (Å²) in [6.45, 7) is 8.58. The maximum atomic E-state index is 5.85. The van der Waals surface area contributed by atoms with E-state index in [1.807, 2.05) is 0 Å². The number of hydrogen-bond donors (Lipinski definition) is 2. The molecule has 1 aliphatic heterocycles. The van der Waals surface area contributed by atoms with Crippen LogP contribution in [-0.2, 0) is 9.47 Å². The molecule has 1 saturated carbocycles. The van der Waals surface area contributed by atoms with E-state index in [1.54, 1.807) is 0 Å². The molecule has 2 aliphatic rings. The first-order valence-corrected chi connectivity index (χ1v) is 8.03. The maximum Gasteiger partial charge on any atom is 0.191 e. The Bertz CT molecular complexity index is 303. The minimum atomic E-state index is 0.395. The van der Waals surface area contributed by atoms with Crippen molar-refractivity contribution in [3.05, 3.63) is 0 Å². The van der Waals surface area contributed by atoms with Crippen LogP contribution in [0.2, 0.25) is 0 Å². The number of ether oxygens (including phenoxy) is 2. The van der Waals surface area contributed by atoms with Gasteiger partial charge in [-0.1, -0.05) is 6.92 Å². The van der Waals surface area contributed by atoms with Crippen molar-refractivity contribution in [1.29, 1.82) is 0 Å². The van der Waals surface area contributed by atoms with Crippen molar-refractivity contribution in [2.75, 3.05) is 32.9 Å². The fourth-order valence-corrected chi connectivity index (χ4v) is 2.37. The van der Waals surface area contributed by atoms with Crippen molar-refractivity contribution in [1.82, 2.24) is 10.6 Å². The van der Waals surface area contributed by atoms with Crippen molar-refractivity contribution < 1.29 is 9.47 Å². The lowest BCUT2D eigenvalue weighted by atomic mass is 10.1. The topological polar surface area (TPSA) is 54.9 Å². The Morgan fingerprint density at radius 2 is 2.10 bits per heavy atom. The molecule has 2 unspecified atom stereocenters. The van der Waals surface area contributed by atoms with Gasteiger partial charge in [0.25, 0.3) is 0 Å². The summed E-state index contributed by atoms with van der Waals surface area (Å²) in [6, 6.07) is 0.617. The smallest absolute Gasteiger partial charge is 0.191 e. The first kappa shape index (κ1) is 15.6. The van der Waals surface area contributed by atoms with Crippen molar-refractivity contribution in [2.24, 2.45) is 10.9 Å². The summed E-state index contributed by atoms with van der Waals surface area (Å²) >= 11 is 0. The number of aliphatic imine (C=N–C) groups is 1. The largest absolute Gasteiger partial charge is 0.381 e. The second-order valence-corrected chi connectivity index (χ2v) is 5.76. The van der Waals surface area contributed by atoms with E-state index in [0.717, 1.165) is 64.1 Å². The van der Waals surface area contributed by atoms with Crippen LogP contribution in [0.3, 0.4) is 0 Å². The third-order valence-corrected chi connectivity index (χ3v) is 3.87. The number of guanidine groups is 1. The van der Waals surface area contributed by atoms with Gasteiger partial charge in [-0.3, -0.25) is 4.99 Å². The van der Waals surface area contributed by atoms with E-state index in [2.05, 4.69) is 29.5 Å². The molecule has 0 spiro atoms. The third kappa shape index (κ3) is 5.67. The zero-order chi connectivity index (χ0) is 14.2. The highest BCUT2D eigenvalue weighted by Gasteiger charge is 2.33. The fourth-order valence-electron chi connectivity index (χ4n) is 2.37.